The summed E-state index contributed by atoms with van der Waals surface area (Å²) in [6, 6.07) is 5.43. The highest BCUT2D eigenvalue weighted by molar-refractivity contribution is 6.34. The Morgan fingerprint density at radius 2 is 1.78 bits per heavy atom. The normalized spacial score (nSPS) is 11.4. The van der Waals surface area contributed by atoms with Crippen molar-refractivity contribution in [2.75, 3.05) is 6.54 Å². The van der Waals surface area contributed by atoms with Gasteiger partial charge in [-0.2, -0.15) is 0 Å². The molecule has 0 atom stereocenters. The van der Waals surface area contributed by atoms with E-state index in [0.29, 0.717) is 16.6 Å². The zero-order chi connectivity index (χ0) is 13.8. The minimum Gasteiger partial charge on any atom is -0.355 e. The van der Waals surface area contributed by atoms with Gasteiger partial charge in [0.2, 0.25) is 5.91 Å². The van der Waals surface area contributed by atoms with Gasteiger partial charge in [-0.15, -0.1) is 0 Å². The maximum absolute atomic E-state index is 11.9. The van der Waals surface area contributed by atoms with Crippen molar-refractivity contribution in [1.82, 2.24) is 5.32 Å². The van der Waals surface area contributed by atoms with Crippen molar-refractivity contribution >= 4 is 29.1 Å². The number of carbonyl (C=O) groups excluding carboxylic acids is 1. The van der Waals surface area contributed by atoms with E-state index in [4.69, 9.17) is 23.2 Å². The molecule has 18 heavy (non-hydrogen) atoms. The van der Waals surface area contributed by atoms with Crippen LogP contribution in [0.3, 0.4) is 0 Å². The van der Waals surface area contributed by atoms with Gasteiger partial charge < -0.3 is 5.32 Å². The molecule has 1 N–H and O–H groups in total. The first-order valence-corrected chi connectivity index (χ1v) is 6.84. The van der Waals surface area contributed by atoms with Crippen LogP contribution in [0.5, 0.6) is 0 Å². The van der Waals surface area contributed by atoms with E-state index in [0.717, 1.165) is 18.4 Å². The predicted molar refractivity (Wildman–Crippen MR) is 77.2 cm³/mol. The smallest absolute Gasteiger partial charge is 0.225 e. The first-order chi connectivity index (χ1) is 8.35. The van der Waals surface area contributed by atoms with E-state index in [1.54, 1.807) is 6.07 Å². The van der Waals surface area contributed by atoms with Crippen molar-refractivity contribution in [2.45, 2.75) is 33.6 Å². The summed E-state index contributed by atoms with van der Waals surface area (Å²) < 4.78 is 0. The van der Waals surface area contributed by atoms with Crippen LogP contribution in [-0.2, 0) is 11.2 Å². The van der Waals surface area contributed by atoms with Crippen LogP contribution in [-0.4, -0.2) is 12.5 Å². The van der Waals surface area contributed by atoms with Crippen molar-refractivity contribution in [1.29, 1.82) is 0 Å². The van der Waals surface area contributed by atoms with Gasteiger partial charge >= 0.3 is 0 Å². The minimum atomic E-state index is -0.314. The molecule has 0 heterocycles. The molecular weight excluding hydrogens is 269 g/mol. The van der Waals surface area contributed by atoms with Crippen LogP contribution in [0, 0.1) is 5.41 Å². The molecule has 100 valence electrons. The van der Waals surface area contributed by atoms with Crippen molar-refractivity contribution in [3.63, 3.8) is 0 Å². The van der Waals surface area contributed by atoms with E-state index < -0.39 is 0 Å². The Labute approximate surface area is 119 Å². The van der Waals surface area contributed by atoms with Gasteiger partial charge in [0.25, 0.3) is 0 Å². The second-order valence-electron chi connectivity index (χ2n) is 5.02. The lowest BCUT2D eigenvalue weighted by Gasteiger charge is -2.21. The maximum Gasteiger partial charge on any atom is 0.225 e. The Kier molecular flexibility index (Phi) is 5.48. The summed E-state index contributed by atoms with van der Waals surface area (Å²) in [4.78, 5) is 11.9. The first-order valence-electron chi connectivity index (χ1n) is 6.08. The molecule has 1 aromatic rings. The third-order valence-electron chi connectivity index (χ3n) is 3.12. The molecule has 0 aromatic heterocycles. The summed E-state index contributed by atoms with van der Waals surface area (Å²) in [6.07, 6.45) is 1.55. The molecule has 0 aliphatic heterocycles. The van der Waals surface area contributed by atoms with Gasteiger partial charge in [-0.1, -0.05) is 44.0 Å². The van der Waals surface area contributed by atoms with E-state index in [1.807, 2.05) is 32.9 Å². The summed E-state index contributed by atoms with van der Waals surface area (Å²) >= 11 is 11.8. The zero-order valence-electron chi connectivity index (χ0n) is 11.0. The Bertz CT molecular complexity index is 410. The SMILES string of the molecule is CCC(C)(C)C(=O)NCCc1cc(Cl)cc(Cl)c1. The third-order valence-corrected chi connectivity index (χ3v) is 3.56. The number of halogens is 2. The second-order valence-corrected chi connectivity index (χ2v) is 5.89. The molecule has 0 saturated heterocycles. The molecule has 0 radical (unpaired) electrons. The lowest BCUT2D eigenvalue weighted by molar-refractivity contribution is -0.129. The Morgan fingerprint density at radius 3 is 2.28 bits per heavy atom. The molecule has 2 nitrogen and oxygen atoms in total. The van der Waals surface area contributed by atoms with Gasteiger partial charge in [0.1, 0.15) is 0 Å². The van der Waals surface area contributed by atoms with Crippen molar-refractivity contribution in [2.24, 2.45) is 5.41 Å². The molecule has 4 heteroatoms. The average Bonchev–Trinajstić information content (AvgIpc) is 2.27. The number of rotatable bonds is 5. The van der Waals surface area contributed by atoms with Gasteiger partial charge in [0, 0.05) is 22.0 Å². The molecule has 1 amide bonds. The number of amides is 1. The zero-order valence-corrected chi connectivity index (χ0v) is 12.5. The average molecular weight is 288 g/mol. The Balaban J connectivity index is 2.49. The van der Waals surface area contributed by atoms with Gasteiger partial charge in [0.15, 0.2) is 0 Å². The lowest BCUT2D eigenvalue weighted by atomic mass is 9.89. The molecule has 0 unspecified atom stereocenters. The van der Waals surface area contributed by atoms with Crippen LogP contribution in [0.15, 0.2) is 18.2 Å². The molecule has 0 saturated carbocycles. The van der Waals surface area contributed by atoms with E-state index in [1.165, 1.54) is 0 Å². The van der Waals surface area contributed by atoms with Gasteiger partial charge in [-0.05, 0) is 36.6 Å². The highest BCUT2D eigenvalue weighted by Gasteiger charge is 2.24. The molecule has 0 spiro atoms. The summed E-state index contributed by atoms with van der Waals surface area (Å²) in [5.74, 6) is 0.0816. The monoisotopic (exact) mass is 287 g/mol. The molecule has 1 rings (SSSR count). The van der Waals surface area contributed by atoms with Crippen LogP contribution in [0.1, 0.15) is 32.8 Å². The lowest BCUT2D eigenvalue weighted by Crippen LogP contribution is -2.37. The summed E-state index contributed by atoms with van der Waals surface area (Å²) in [5, 5.41) is 4.18. The number of benzene rings is 1. The Hall–Kier alpha value is -0.730. The molecule has 0 aliphatic carbocycles. The molecule has 1 aromatic carbocycles. The van der Waals surface area contributed by atoms with Crippen LogP contribution in [0.25, 0.3) is 0 Å². The largest absolute Gasteiger partial charge is 0.355 e. The van der Waals surface area contributed by atoms with E-state index in [-0.39, 0.29) is 11.3 Å². The first kappa shape index (κ1) is 15.3. The highest BCUT2D eigenvalue weighted by atomic mass is 35.5. The van der Waals surface area contributed by atoms with Gasteiger partial charge in [-0.3, -0.25) is 4.79 Å². The van der Waals surface area contributed by atoms with Crippen LogP contribution in [0.4, 0.5) is 0 Å². The quantitative estimate of drug-likeness (QED) is 0.868. The van der Waals surface area contributed by atoms with Crippen LogP contribution < -0.4 is 5.32 Å². The number of hydrogen-bond donors (Lipinski definition) is 1. The summed E-state index contributed by atoms with van der Waals surface area (Å²) in [5.41, 5.74) is 0.716. The van der Waals surface area contributed by atoms with Crippen molar-refractivity contribution in [3.05, 3.63) is 33.8 Å². The van der Waals surface area contributed by atoms with E-state index >= 15 is 0 Å². The topological polar surface area (TPSA) is 29.1 Å². The standard InChI is InChI=1S/C14H19Cl2NO/c1-4-14(2,3)13(18)17-6-5-10-7-11(15)9-12(16)8-10/h7-9H,4-6H2,1-3H3,(H,17,18). The van der Waals surface area contributed by atoms with E-state index in [2.05, 4.69) is 5.32 Å². The van der Waals surface area contributed by atoms with Crippen LogP contribution in [0.2, 0.25) is 10.0 Å². The van der Waals surface area contributed by atoms with Gasteiger partial charge in [0.05, 0.1) is 0 Å². The summed E-state index contributed by atoms with van der Waals surface area (Å²) in [6.45, 7) is 6.49. The fourth-order valence-electron chi connectivity index (χ4n) is 1.48. The number of hydrogen-bond acceptors (Lipinski definition) is 1. The second kappa shape index (κ2) is 6.44. The van der Waals surface area contributed by atoms with E-state index in [9.17, 15) is 4.79 Å². The van der Waals surface area contributed by atoms with Crippen LogP contribution >= 0.6 is 23.2 Å². The third kappa shape index (κ3) is 4.51. The predicted octanol–water partition coefficient (Wildman–Crippen LogP) is 4.09. The fourth-order valence-corrected chi connectivity index (χ4v) is 2.05. The molecular formula is C14H19Cl2NO. The minimum absolute atomic E-state index is 0.0816. The maximum atomic E-state index is 11.9. The number of nitrogens with one attached hydrogen (secondary N) is 1. The molecule has 0 bridgehead atoms. The molecule has 0 fully saturated rings. The Morgan fingerprint density at radius 1 is 1.22 bits per heavy atom. The molecule has 0 aliphatic rings. The highest BCUT2D eigenvalue weighted by Crippen LogP contribution is 2.20. The van der Waals surface area contributed by atoms with Gasteiger partial charge in [-0.25, -0.2) is 0 Å². The van der Waals surface area contributed by atoms with Crippen molar-refractivity contribution in [3.8, 4) is 0 Å². The summed E-state index contributed by atoms with van der Waals surface area (Å²) in [7, 11) is 0. The van der Waals surface area contributed by atoms with Crippen molar-refractivity contribution < 1.29 is 4.79 Å². The number of carbonyl (C=O) groups is 1. The fraction of sp³-hybridized carbons (Fsp3) is 0.500.